The topological polar surface area (TPSA) is 49.0 Å². The summed E-state index contributed by atoms with van der Waals surface area (Å²) in [5.41, 5.74) is 2.33. The summed E-state index contributed by atoms with van der Waals surface area (Å²) in [6.45, 7) is 6.55. The second-order valence-corrected chi connectivity index (χ2v) is 3.54. The normalized spacial score (nSPS) is 10.3. The van der Waals surface area contributed by atoms with Gasteiger partial charge in [-0.25, -0.2) is 0 Å². The fraction of sp³-hybridized carbons (Fsp3) is 0.600. The quantitative estimate of drug-likeness (QED) is 0.794. The van der Waals surface area contributed by atoms with Crippen molar-refractivity contribution in [2.45, 2.75) is 27.2 Å². The van der Waals surface area contributed by atoms with E-state index in [0.717, 1.165) is 24.4 Å². The number of aromatic amines is 1. The Morgan fingerprint density at radius 2 is 2.14 bits per heavy atom. The minimum Gasteiger partial charge on any atom is -0.342 e. The molecule has 1 aromatic heterocycles. The van der Waals surface area contributed by atoms with Crippen molar-refractivity contribution in [1.29, 1.82) is 0 Å². The van der Waals surface area contributed by atoms with E-state index in [-0.39, 0.29) is 5.91 Å². The predicted octanol–water partition coefficient (Wildman–Crippen LogP) is 1.51. The number of aromatic nitrogens is 2. The number of aryl methyl sites for hydroxylation is 2. The third-order valence-electron chi connectivity index (χ3n) is 2.25. The lowest BCUT2D eigenvalue weighted by Gasteiger charge is -2.15. The second kappa shape index (κ2) is 4.26. The summed E-state index contributed by atoms with van der Waals surface area (Å²) in [5, 5.41) is 6.82. The number of nitrogens with one attached hydrogen (secondary N) is 1. The highest BCUT2D eigenvalue weighted by Crippen LogP contribution is 2.11. The average molecular weight is 195 g/mol. The lowest BCUT2D eigenvalue weighted by Crippen LogP contribution is -2.28. The van der Waals surface area contributed by atoms with Crippen LogP contribution >= 0.6 is 0 Å². The Bertz CT molecular complexity index is 311. The summed E-state index contributed by atoms with van der Waals surface area (Å²) >= 11 is 0. The molecule has 0 radical (unpaired) electrons. The Labute approximate surface area is 84.3 Å². The van der Waals surface area contributed by atoms with E-state index in [4.69, 9.17) is 0 Å². The van der Waals surface area contributed by atoms with Crippen molar-refractivity contribution >= 4 is 5.91 Å². The zero-order valence-electron chi connectivity index (χ0n) is 9.22. The van der Waals surface area contributed by atoms with Crippen molar-refractivity contribution in [3.8, 4) is 0 Å². The maximum absolute atomic E-state index is 11.9. The fourth-order valence-electron chi connectivity index (χ4n) is 1.49. The van der Waals surface area contributed by atoms with Gasteiger partial charge in [-0.2, -0.15) is 5.10 Å². The van der Waals surface area contributed by atoms with Crippen LogP contribution in [0.15, 0.2) is 0 Å². The molecule has 1 aromatic rings. The van der Waals surface area contributed by atoms with Gasteiger partial charge >= 0.3 is 0 Å². The van der Waals surface area contributed by atoms with E-state index in [1.54, 1.807) is 4.90 Å². The Kier molecular flexibility index (Phi) is 3.28. The van der Waals surface area contributed by atoms with E-state index >= 15 is 0 Å². The summed E-state index contributed by atoms with van der Waals surface area (Å²) in [5.74, 6) is 0.0515. The molecule has 0 aliphatic carbocycles. The fourth-order valence-corrected chi connectivity index (χ4v) is 1.49. The molecule has 0 spiro atoms. The average Bonchev–Trinajstić information content (AvgIpc) is 2.46. The minimum absolute atomic E-state index is 0.0515. The highest BCUT2D eigenvalue weighted by Gasteiger charge is 2.18. The molecule has 0 aromatic carbocycles. The van der Waals surface area contributed by atoms with E-state index in [1.165, 1.54) is 0 Å². The van der Waals surface area contributed by atoms with Gasteiger partial charge in [0.1, 0.15) is 0 Å². The number of hydrogen-bond acceptors (Lipinski definition) is 2. The molecule has 4 nitrogen and oxygen atoms in total. The van der Waals surface area contributed by atoms with Gasteiger partial charge in [-0.05, 0) is 20.3 Å². The van der Waals surface area contributed by atoms with Gasteiger partial charge in [0.25, 0.3) is 5.91 Å². The highest BCUT2D eigenvalue weighted by molar-refractivity contribution is 5.96. The molecular formula is C10H17N3O. The van der Waals surface area contributed by atoms with Gasteiger partial charge in [-0.3, -0.25) is 9.89 Å². The summed E-state index contributed by atoms with van der Waals surface area (Å²) < 4.78 is 0. The maximum atomic E-state index is 11.9. The molecule has 1 heterocycles. The van der Waals surface area contributed by atoms with E-state index < -0.39 is 0 Å². The van der Waals surface area contributed by atoms with Crippen LogP contribution in [-0.2, 0) is 0 Å². The first-order valence-electron chi connectivity index (χ1n) is 4.85. The van der Waals surface area contributed by atoms with E-state index in [1.807, 2.05) is 20.9 Å². The zero-order chi connectivity index (χ0) is 10.7. The van der Waals surface area contributed by atoms with Crippen LogP contribution in [0.25, 0.3) is 0 Å². The molecule has 0 fully saturated rings. The molecule has 1 N–H and O–H groups in total. The van der Waals surface area contributed by atoms with Crippen LogP contribution in [0.2, 0.25) is 0 Å². The van der Waals surface area contributed by atoms with Crippen LogP contribution in [0.1, 0.15) is 35.1 Å². The first kappa shape index (κ1) is 10.8. The number of hydrogen-bond donors (Lipinski definition) is 1. The van der Waals surface area contributed by atoms with Crippen molar-refractivity contribution in [2.24, 2.45) is 0 Å². The Morgan fingerprint density at radius 3 is 2.57 bits per heavy atom. The van der Waals surface area contributed by atoms with Crippen LogP contribution in [0.5, 0.6) is 0 Å². The van der Waals surface area contributed by atoms with Gasteiger partial charge < -0.3 is 4.90 Å². The first-order chi connectivity index (χ1) is 6.57. The predicted molar refractivity (Wildman–Crippen MR) is 55.3 cm³/mol. The monoisotopic (exact) mass is 195 g/mol. The van der Waals surface area contributed by atoms with Crippen LogP contribution in [-0.4, -0.2) is 34.6 Å². The van der Waals surface area contributed by atoms with Crippen molar-refractivity contribution < 1.29 is 4.79 Å². The molecule has 0 unspecified atom stereocenters. The molecule has 0 saturated heterocycles. The van der Waals surface area contributed by atoms with Gasteiger partial charge in [-0.1, -0.05) is 6.92 Å². The minimum atomic E-state index is 0.0515. The van der Waals surface area contributed by atoms with Crippen LogP contribution in [0, 0.1) is 13.8 Å². The van der Waals surface area contributed by atoms with E-state index in [0.29, 0.717) is 5.56 Å². The lowest BCUT2D eigenvalue weighted by atomic mass is 10.2. The van der Waals surface area contributed by atoms with Gasteiger partial charge in [0, 0.05) is 19.3 Å². The van der Waals surface area contributed by atoms with Crippen molar-refractivity contribution in [1.82, 2.24) is 15.1 Å². The lowest BCUT2D eigenvalue weighted by molar-refractivity contribution is 0.0794. The molecular weight excluding hydrogens is 178 g/mol. The van der Waals surface area contributed by atoms with E-state index in [2.05, 4.69) is 17.1 Å². The van der Waals surface area contributed by atoms with Crippen molar-refractivity contribution in [3.63, 3.8) is 0 Å². The summed E-state index contributed by atoms with van der Waals surface area (Å²) in [4.78, 5) is 13.6. The summed E-state index contributed by atoms with van der Waals surface area (Å²) in [7, 11) is 1.82. The van der Waals surface area contributed by atoms with Crippen LogP contribution < -0.4 is 0 Å². The number of amides is 1. The highest BCUT2D eigenvalue weighted by atomic mass is 16.2. The van der Waals surface area contributed by atoms with Crippen LogP contribution in [0.4, 0.5) is 0 Å². The van der Waals surface area contributed by atoms with Gasteiger partial charge in [0.15, 0.2) is 0 Å². The molecule has 1 rings (SSSR count). The molecule has 0 aliphatic rings. The third kappa shape index (κ3) is 1.95. The molecule has 0 bridgehead atoms. The third-order valence-corrected chi connectivity index (χ3v) is 2.25. The van der Waals surface area contributed by atoms with Gasteiger partial charge in [0.05, 0.1) is 11.3 Å². The zero-order valence-corrected chi connectivity index (χ0v) is 9.22. The molecule has 78 valence electrons. The number of carbonyl (C=O) groups excluding carboxylic acids is 1. The van der Waals surface area contributed by atoms with Gasteiger partial charge in [0.2, 0.25) is 0 Å². The Hall–Kier alpha value is -1.32. The Morgan fingerprint density at radius 1 is 1.50 bits per heavy atom. The Balaban J connectivity index is 2.88. The summed E-state index contributed by atoms with van der Waals surface area (Å²) in [6, 6.07) is 0. The molecule has 0 atom stereocenters. The molecule has 14 heavy (non-hydrogen) atoms. The van der Waals surface area contributed by atoms with Gasteiger partial charge in [-0.15, -0.1) is 0 Å². The van der Waals surface area contributed by atoms with Crippen molar-refractivity contribution in [3.05, 3.63) is 17.0 Å². The largest absolute Gasteiger partial charge is 0.342 e. The smallest absolute Gasteiger partial charge is 0.257 e. The molecule has 1 amide bonds. The van der Waals surface area contributed by atoms with Crippen LogP contribution in [0.3, 0.4) is 0 Å². The molecule has 0 saturated carbocycles. The standard InChI is InChI=1S/C10H17N3O/c1-5-6-13(4)10(14)9-7(2)11-12-8(9)3/h5-6H2,1-4H3,(H,11,12). The number of nitrogens with zero attached hydrogens (tertiary/aromatic N) is 2. The first-order valence-corrected chi connectivity index (χ1v) is 4.85. The second-order valence-electron chi connectivity index (χ2n) is 3.54. The maximum Gasteiger partial charge on any atom is 0.257 e. The summed E-state index contributed by atoms with van der Waals surface area (Å²) in [6.07, 6.45) is 0.970. The van der Waals surface area contributed by atoms with Crippen molar-refractivity contribution in [2.75, 3.05) is 13.6 Å². The molecule has 0 aliphatic heterocycles. The van der Waals surface area contributed by atoms with E-state index in [9.17, 15) is 4.79 Å². The number of carbonyl (C=O) groups is 1. The number of rotatable bonds is 3. The molecule has 4 heteroatoms. The SMILES string of the molecule is CCCN(C)C(=O)c1c(C)n[nH]c1C. The number of H-pyrrole nitrogens is 1.